The first kappa shape index (κ1) is 13.5. The third kappa shape index (κ3) is 3.52. The maximum Gasteiger partial charge on any atom is 0.127 e. The molecule has 1 atom stereocenters. The summed E-state index contributed by atoms with van der Waals surface area (Å²) in [7, 11) is 0. The molecule has 0 bridgehead atoms. The van der Waals surface area contributed by atoms with E-state index in [1.165, 1.54) is 0 Å². The van der Waals surface area contributed by atoms with E-state index in [9.17, 15) is 5.11 Å². The number of rotatable bonds is 5. The summed E-state index contributed by atoms with van der Waals surface area (Å²) >= 11 is 0. The van der Waals surface area contributed by atoms with E-state index in [0.29, 0.717) is 12.2 Å². The van der Waals surface area contributed by atoms with Crippen molar-refractivity contribution in [1.29, 1.82) is 0 Å². The smallest absolute Gasteiger partial charge is 0.127 e. The van der Waals surface area contributed by atoms with Crippen LogP contribution in [0.15, 0.2) is 77.4 Å². The van der Waals surface area contributed by atoms with Crippen LogP contribution < -0.4 is 4.74 Å². The molecule has 2 aromatic carbocycles. The van der Waals surface area contributed by atoms with Crippen molar-refractivity contribution in [1.82, 2.24) is 0 Å². The normalized spacial score (nSPS) is 12.0. The van der Waals surface area contributed by atoms with Gasteiger partial charge in [-0.15, -0.1) is 0 Å². The van der Waals surface area contributed by atoms with Crippen LogP contribution in [0.1, 0.15) is 17.4 Å². The Balaban J connectivity index is 1.73. The Kier molecular flexibility index (Phi) is 4.03. The molecule has 1 N–H and O–H groups in total. The second-order valence-electron chi connectivity index (χ2n) is 4.79. The topological polar surface area (TPSA) is 42.6 Å². The summed E-state index contributed by atoms with van der Waals surface area (Å²) in [5.74, 6) is 2.24. The monoisotopic (exact) mass is 280 g/mol. The zero-order valence-corrected chi connectivity index (χ0v) is 11.5. The lowest BCUT2D eigenvalue weighted by molar-refractivity contribution is 0.170. The first-order valence-corrected chi connectivity index (χ1v) is 6.84. The van der Waals surface area contributed by atoms with Crippen LogP contribution in [0.3, 0.4) is 0 Å². The minimum absolute atomic E-state index is 0.446. The van der Waals surface area contributed by atoms with Crippen molar-refractivity contribution in [2.45, 2.75) is 12.5 Å². The summed E-state index contributed by atoms with van der Waals surface area (Å²) in [6, 6.07) is 20.7. The fraction of sp³-hybridized carbons (Fsp3) is 0.111. The second-order valence-corrected chi connectivity index (χ2v) is 4.79. The van der Waals surface area contributed by atoms with Crippen molar-refractivity contribution >= 4 is 0 Å². The summed E-state index contributed by atoms with van der Waals surface area (Å²) in [4.78, 5) is 0. The molecule has 0 spiro atoms. The van der Waals surface area contributed by atoms with Gasteiger partial charge in [0.25, 0.3) is 0 Å². The quantitative estimate of drug-likeness (QED) is 0.755. The van der Waals surface area contributed by atoms with Crippen LogP contribution in [0.25, 0.3) is 0 Å². The number of hydrogen-bond donors (Lipinski definition) is 1. The Morgan fingerprint density at radius 3 is 2.48 bits per heavy atom. The van der Waals surface area contributed by atoms with E-state index in [1.807, 2.05) is 66.7 Å². The molecule has 1 unspecified atom stereocenters. The van der Waals surface area contributed by atoms with Gasteiger partial charge in [0.2, 0.25) is 0 Å². The van der Waals surface area contributed by atoms with Gasteiger partial charge in [-0.25, -0.2) is 0 Å². The Morgan fingerprint density at radius 1 is 0.905 bits per heavy atom. The van der Waals surface area contributed by atoms with Gasteiger partial charge in [-0.1, -0.05) is 30.3 Å². The molecule has 0 saturated carbocycles. The standard InChI is InChI=1S/C18H16O3/c19-18(13-16-10-5-11-20-16)14-6-4-9-17(12-14)21-15-7-2-1-3-8-15/h1-12,18-19H,13H2. The third-order valence-corrected chi connectivity index (χ3v) is 3.20. The average Bonchev–Trinajstić information content (AvgIpc) is 3.01. The van der Waals surface area contributed by atoms with Gasteiger partial charge in [-0.05, 0) is 42.0 Å². The van der Waals surface area contributed by atoms with Gasteiger partial charge in [0.15, 0.2) is 0 Å². The summed E-state index contributed by atoms with van der Waals surface area (Å²) in [6.45, 7) is 0. The Hall–Kier alpha value is -2.52. The molecule has 0 fully saturated rings. The summed E-state index contributed by atoms with van der Waals surface area (Å²) < 4.78 is 11.0. The minimum atomic E-state index is -0.615. The van der Waals surface area contributed by atoms with Crippen LogP contribution in [0.4, 0.5) is 0 Å². The van der Waals surface area contributed by atoms with Gasteiger partial charge < -0.3 is 14.3 Å². The zero-order valence-electron chi connectivity index (χ0n) is 11.5. The number of para-hydroxylation sites is 1. The van der Waals surface area contributed by atoms with Gasteiger partial charge in [0.05, 0.1) is 12.4 Å². The van der Waals surface area contributed by atoms with Crippen molar-refractivity contribution in [3.63, 3.8) is 0 Å². The van der Waals surface area contributed by atoms with Crippen LogP contribution in [-0.4, -0.2) is 5.11 Å². The van der Waals surface area contributed by atoms with E-state index < -0.39 is 6.10 Å². The van der Waals surface area contributed by atoms with Gasteiger partial charge in [0.1, 0.15) is 17.3 Å². The predicted octanol–water partition coefficient (Wildman–Crippen LogP) is 4.35. The summed E-state index contributed by atoms with van der Waals surface area (Å²) in [5, 5.41) is 10.3. The van der Waals surface area contributed by atoms with Gasteiger partial charge >= 0.3 is 0 Å². The highest BCUT2D eigenvalue weighted by Gasteiger charge is 2.11. The fourth-order valence-electron chi connectivity index (χ4n) is 2.15. The Labute approximate surface area is 123 Å². The number of benzene rings is 2. The van der Waals surface area contributed by atoms with Crippen LogP contribution in [0.2, 0.25) is 0 Å². The lowest BCUT2D eigenvalue weighted by atomic mass is 10.1. The number of furan rings is 1. The molecule has 0 aliphatic carbocycles. The fourth-order valence-corrected chi connectivity index (χ4v) is 2.15. The molecule has 3 aromatic rings. The van der Waals surface area contributed by atoms with E-state index >= 15 is 0 Å². The number of aliphatic hydroxyl groups is 1. The number of aliphatic hydroxyl groups excluding tert-OH is 1. The van der Waals surface area contributed by atoms with E-state index in [2.05, 4.69) is 0 Å². The average molecular weight is 280 g/mol. The molecule has 1 heterocycles. The number of hydrogen-bond acceptors (Lipinski definition) is 3. The van der Waals surface area contributed by atoms with Crippen LogP contribution in [0, 0.1) is 0 Å². The Bertz CT molecular complexity index is 675. The van der Waals surface area contributed by atoms with Crippen molar-refractivity contribution in [2.24, 2.45) is 0 Å². The zero-order chi connectivity index (χ0) is 14.5. The number of ether oxygens (including phenoxy) is 1. The van der Waals surface area contributed by atoms with E-state index in [-0.39, 0.29) is 0 Å². The van der Waals surface area contributed by atoms with E-state index in [4.69, 9.17) is 9.15 Å². The summed E-state index contributed by atoms with van der Waals surface area (Å²) in [5.41, 5.74) is 0.805. The maximum absolute atomic E-state index is 10.3. The van der Waals surface area contributed by atoms with E-state index in [0.717, 1.165) is 17.1 Å². The first-order valence-electron chi connectivity index (χ1n) is 6.84. The molecule has 0 radical (unpaired) electrons. The van der Waals surface area contributed by atoms with Gasteiger partial charge in [-0.2, -0.15) is 0 Å². The SMILES string of the molecule is OC(Cc1ccco1)c1cccc(Oc2ccccc2)c1. The Morgan fingerprint density at radius 2 is 1.71 bits per heavy atom. The molecule has 0 aliphatic heterocycles. The van der Waals surface area contributed by atoms with Gasteiger partial charge in [-0.3, -0.25) is 0 Å². The van der Waals surface area contributed by atoms with Crippen LogP contribution >= 0.6 is 0 Å². The molecule has 3 nitrogen and oxygen atoms in total. The molecule has 0 aliphatic rings. The lowest BCUT2D eigenvalue weighted by Gasteiger charge is -2.12. The van der Waals surface area contributed by atoms with Gasteiger partial charge in [0, 0.05) is 6.42 Å². The predicted molar refractivity (Wildman–Crippen MR) is 80.3 cm³/mol. The molecular weight excluding hydrogens is 264 g/mol. The minimum Gasteiger partial charge on any atom is -0.469 e. The summed E-state index contributed by atoms with van der Waals surface area (Å²) in [6.07, 6.45) is 1.44. The molecule has 3 rings (SSSR count). The largest absolute Gasteiger partial charge is 0.469 e. The maximum atomic E-state index is 10.3. The van der Waals surface area contributed by atoms with Crippen molar-refractivity contribution in [3.8, 4) is 11.5 Å². The third-order valence-electron chi connectivity index (χ3n) is 3.20. The van der Waals surface area contributed by atoms with Crippen molar-refractivity contribution in [3.05, 3.63) is 84.3 Å². The van der Waals surface area contributed by atoms with Crippen LogP contribution in [0.5, 0.6) is 11.5 Å². The molecular formula is C18H16O3. The molecule has 0 saturated heterocycles. The van der Waals surface area contributed by atoms with Crippen molar-refractivity contribution in [2.75, 3.05) is 0 Å². The highest BCUT2D eigenvalue weighted by atomic mass is 16.5. The highest BCUT2D eigenvalue weighted by Crippen LogP contribution is 2.26. The molecule has 1 aromatic heterocycles. The molecule has 0 amide bonds. The van der Waals surface area contributed by atoms with E-state index in [1.54, 1.807) is 6.26 Å². The highest BCUT2D eigenvalue weighted by molar-refractivity contribution is 5.34. The molecule has 21 heavy (non-hydrogen) atoms. The second kappa shape index (κ2) is 6.29. The first-order chi connectivity index (χ1) is 10.3. The van der Waals surface area contributed by atoms with Crippen molar-refractivity contribution < 1.29 is 14.3 Å². The lowest BCUT2D eigenvalue weighted by Crippen LogP contribution is -2.01. The molecule has 3 heteroatoms. The molecule has 106 valence electrons. The van der Waals surface area contributed by atoms with Crippen LogP contribution in [-0.2, 0) is 6.42 Å².